The number of hydrogen-bond acceptors (Lipinski definition) is 12. The number of halogens is 3. The quantitative estimate of drug-likeness (QED) is 0.218. The Bertz CT molecular complexity index is 1770. The van der Waals surface area contributed by atoms with Gasteiger partial charge >= 0.3 is 12.1 Å². The lowest BCUT2D eigenvalue weighted by atomic mass is 10.1. The number of methoxy groups -OCH3 is 2. The first-order valence-electron chi connectivity index (χ1n) is 15.5. The van der Waals surface area contributed by atoms with Crippen LogP contribution in [0.15, 0.2) is 30.3 Å². The first-order valence-corrected chi connectivity index (χ1v) is 15.5. The van der Waals surface area contributed by atoms with E-state index in [0.29, 0.717) is 46.5 Å². The molecule has 2 aliphatic rings. The highest BCUT2D eigenvalue weighted by molar-refractivity contribution is 5.90. The second-order valence-corrected chi connectivity index (χ2v) is 11.6. The molecular formula is C32H36F3N7O5. The molecule has 0 aliphatic carbocycles. The largest absolute Gasteiger partial charge is 0.493 e. The number of hydrogen-bond donors (Lipinski definition) is 1. The van der Waals surface area contributed by atoms with Crippen molar-refractivity contribution in [3.63, 3.8) is 0 Å². The summed E-state index contributed by atoms with van der Waals surface area (Å²) >= 11 is 0. The van der Waals surface area contributed by atoms with Crippen LogP contribution < -0.4 is 24.3 Å². The van der Waals surface area contributed by atoms with E-state index in [0.717, 1.165) is 45.6 Å². The molecule has 2 fully saturated rings. The SMILES string of the molecule is COc1cc2nc(Nc3nc(OC(=O)C(F)(F)F)c4cc(OCCN5CCCC5CN5CCCC5)ccc4n3)nc(C)c2cc1OC. The molecule has 1 N–H and O–H groups in total. The molecule has 47 heavy (non-hydrogen) atoms. The fourth-order valence-corrected chi connectivity index (χ4v) is 6.15. The fourth-order valence-electron chi connectivity index (χ4n) is 6.15. The van der Waals surface area contributed by atoms with E-state index in [-0.39, 0.29) is 22.8 Å². The maximum atomic E-state index is 13.2. The number of fused-ring (bicyclic) bond motifs is 2. The Morgan fingerprint density at radius 2 is 1.64 bits per heavy atom. The van der Waals surface area contributed by atoms with E-state index >= 15 is 0 Å². The molecule has 2 saturated heterocycles. The molecule has 0 saturated carbocycles. The number of carbonyl (C=O) groups is 1. The number of esters is 1. The van der Waals surface area contributed by atoms with Crippen molar-refractivity contribution in [3.05, 3.63) is 36.0 Å². The molecule has 4 heterocycles. The van der Waals surface area contributed by atoms with Crippen molar-refractivity contribution in [2.45, 2.75) is 44.8 Å². The number of anilines is 2. The molecule has 2 aliphatic heterocycles. The minimum atomic E-state index is -5.24. The minimum Gasteiger partial charge on any atom is -0.493 e. The van der Waals surface area contributed by atoms with Crippen LogP contribution in [0.2, 0.25) is 0 Å². The molecule has 1 unspecified atom stereocenters. The number of nitrogens with zero attached hydrogens (tertiary/aromatic N) is 6. The fraction of sp³-hybridized carbons (Fsp3) is 0.469. The van der Waals surface area contributed by atoms with Gasteiger partial charge in [-0.15, -0.1) is 0 Å². The van der Waals surface area contributed by atoms with Crippen LogP contribution in [0.4, 0.5) is 25.1 Å². The van der Waals surface area contributed by atoms with Gasteiger partial charge in [-0.1, -0.05) is 0 Å². The Morgan fingerprint density at radius 1 is 0.915 bits per heavy atom. The van der Waals surface area contributed by atoms with Crippen molar-refractivity contribution in [3.8, 4) is 23.1 Å². The normalized spacial score (nSPS) is 17.4. The molecule has 0 spiro atoms. The molecule has 15 heteroatoms. The predicted octanol–water partition coefficient (Wildman–Crippen LogP) is 5.05. The Kier molecular flexibility index (Phi) is 9.45. The molecule has 12 nitrogen and oxygen atoms in total. The topological polar surface area (TPSA) is 124 Å². The van der Waals surface area contributed by atoms with Crippen LogP contribution in [0, 0.1) is 6.92 Å². The smallest absolute Gasteiger partial charge is 0.491 e. The summed E-state index contributed by atoms with van der Waals surface area (Å²) < 4.78 is 61.2. The molecule has 0 radical (unpaired) electrons. The number of rotatable bonds is 11. The van der Waals surface area contributed by atoms with E-state index in [1.807, 2.05) is 0 Å². The van der Waals surface area contributed by atoms with Gasteiger partial charge in [0.05, 0.1) is 36.3 Å². The van der Waals surface area contributed by atoms with Crippen LogP contribution >= 0.6 is 0 Å². The molecular weight excluding hydrogens is 619 g/mol. The van der Waals surface area contributed by atoms with E-state index in [4.69, 9.17) is 18.9 Å². The van der Waals surface area contributed by atoms with E-state index in [2.05, 4.69) is 35.1 Å². The van der Waals surface area contributed by atoms with Crippen molar-refractivity contribution < 1.29 is 36.9 Å². The van der Waals surface area contributed by atoms with Gasteiger partial charge in [-0.2, -0.15) is 18.2 Å². The minimum absolute atomic E-state index is 0.0690. The van der Waals surface area contributed by atoms with Gasteiger partial charge in [0.15, 0.2) is 11.5 Å². The molecule has 1 atom stereocenters. The zero-order valence-corrected chi connectivity index (χ0v) is 26.4. The number of benzene rings is 2. The van der Waals surface area contributed by atoms with Crippen LogP contribution in [0.3, 0.4) is 0 Å². The van der Waals surface area contributed by atoms with Gasteiger partial charge in [0.25, 0.3) is 0 Å². The summed E-state index contributed by atoms with van der Waals surface area (Å²) in [4.78, 5) is 34.3. The number of aromatic nitrogens is 4. The van der Waals surface area contributed by atoms with Gasteiger partial charge < -0.3 is 23.8 Å². The van der Waals surface area contributed by atoms with Crippen LogP contribution in [-0.4, -0.2) is 101 Å². The molecule has 250 valence electrons. The summed E-state index contributed by atoms with van der Waals surface area (Å²) in [5.41, 5.74) is 1.32. The summed E-state index contributed by atoms with van der Waals surface area (Å²) in [6.07, 6.45) is -0.438. The lowest BCUT2D eigenvalue weighted by molar-refractivity contribution is -0.189. The molecule has 2 aromatic carbocycles. The lowest BCUT2D eigenvalue weighted by Crippen LogP contribution is -2.41. The summed E-state index contributed by atoms with van der Waals surface area (Å²) in [5, 5.41) is 3.60. The van der Waals surface area contributed by atoms with Gasteiger partial charge in [0.2, 0.25) is 17.8 Å². The van der Waals surface area contributed by atoms with Gasteiger partial charge in [-0.25, -0.2) is 19.7 Å². The third-order valence-corrected chi connectivity index (χ3v) is 8.48. The van der Waals surface area contributed by atoms with E-state index in [1.165, 1.54) is 33.1 Å². The summed E-state index contributed by atoms with van der Waals surface area (Å²) in [5.74, 6) is -1.76. The Labute approximate surface area is 269 Å². The van der Waals surface area contributed by atoms with Crippen molar-refractivity contribution >= 4 is 39.7 Å². The third-order valence-electron chi connectivity index (χ3n) is 8.48. The second kappa shape index (κ2) is 13.7. The van der Waals surface area contributed by atoms with Crippen molar-refractivity contribution in [1.29, 1.82) is 0 Å². The van der Waals surface area contributed by atoms with Crippen molar-refractivity contribution in [1.82, 2.24) is 29.7 Å². The van der Waals surface area contributed by atoms with Gasteiger partial charge in [0, 0.05) is 30.6 Å². The molecule has 6 rings (SSSR count). The van der Waals surface area contributed by atoms with Crippen LogP contribution in [0.5, 0.6) is 23.1 Å². The Balaban J connectivity index is 1.23. The van der Waals surface area contributed by atoms with Gasteiger partial charge in [-0.05, 0) is 76.5 Å². The molecule has 4 aromatic rings. The second-order valence-electron chi connectivity index (χ2n) is 11.6. The first kappa shape index (κ1) is 32.4. The maximum Gasteiger partial charge on any atom is 0.491 e. The Morgan fingerprint density at radius 3 is 2.38 bits per heavy atom. The summed E-state index contributed by atoms with van der Waals surface area (Å²) in [6.45, 7) is 7.23. The van der Waals surface area contributed by atoms with Crippen LogP contribution in [0.1, 0.15) is 31.4 Å². The highest BCUT2D eigenvalue weighted by Gasteiger charge is 2.42. The zero-order chi connectivity index (χ0) is 33.1. The molecule has 2 aromatic heterocycles. The third kappa shape index (κ3) is 7.41. The first-order chi connectivity index (χ1) is 22.6. The van der Waals surface area contributed by atoms with Crippen molar-refractivity contribution in [2.24, 2.45) is 0 Å². The maximum absolute atomic E-state index is 13.2. The monoisotopic (exact) mass is 655 g/mol. The summed E-state index contributed by atoms with van der Waals surface area (Å²) in [7, 11) is 3.02. The molecule has 0 amide bonds. The van der Waals surface area contributed by atoms with Crippen LogP contribution in [0.25, 0.3) is 21.8 Å². The number of alkyl halides is 3. The highest BCUT2D eigenvalue weighted by Crippen LogP contribution is 2.34. The van der Waals surface area contributed by atoms with Gasteiger partial charge in [0.1, 0.15) is 12.4 Å². The van der Waals surface area contributed by atoms with E-state index < -0.39 is 18.0 Å². The average molecular weight is 656 g/mol. The molecule has 0 bridgehead atoms. The number of aryl methyl sites for hydroxylation is 1. The number of nitrogens with one attached hydrogen (secondary N) is 1. The van der Waals surface area contributed by atoms with Gasteiger partial charge in [-0.3, -0.25) is 10.2 Å². The van der Waals surface area contributed by atoms with Crippen molar-refractivity contribution in [2.75, 3.05) is 58.9 Å². The lowest BCUT2D eigenvalue weighted by Gasteiger charge is -2.28. The number of likely N-dealkylation sites (tertiary alicyclic amines) is 2. The standard InChI is InChI=1S/C32H36F3N7O5/c1-19-22-16-26(44-2)27(45-3)17-25(22)38-30(36-19)40-31-37-24-9-8-21(15-23(24)28(39-31)47-29(43)32(33,34)35)46-14-13-42-12-6-7-20(42)18-41-10-4-5-11-41/h8-9,15-17,20H,4-7,10-14,18H2,1-3H3,(H,36,37,38,39,40). The number of carbonyl (C=O) groups excluding carboxylic acids is 1. The number of ether oxygens (including phenoxy) is 4. The summed E-state index contributed by atoms with van der Waals surface area (Å²) in [6, 6.07) is 8.60. The Hall–Kier alpha value is -4.50. The van der Waals surface area contributed by atoms with E-state index in [9.17, 15) is 18.0 Å². The zero-order valence-electron chi connectivity index (χ0n) is 26.4. The average Bonchev–Trinajstić information content (AvgIpc) is 3.72. The highest BCUT2D eigenvalue weighted by atomic mass is 19.4. The predicted molar refractivity (Wildman–Crippen MR) is 168 cm³/mol. The van der Waals surface area contributed by atoms with Crippen LogP contribution in [-0.2, 0) is 4.79 Å². The van der Waals surface area contributed by atoms with E-state index in [1.54, 1.807) is 31.2 Å².